The van der Waals surface area contributed by atoms with Crippen LogP contribution < -0.4 is 9.80 Å². The fraction of sp³-hybridized carbons (Fsp3) is 0.192. The number of benzene rings is 12. The molecule has 0 saturated heterocycles. The Morgan fingerprint density at radius 2 is 0.415 bits per heavy atom. The fourth-order valence-electron chi connectivity index (χ4n) is 17.2. The Kier molecular flexibility index (Phi) is 20.4. The number of hydrogen-bond donors (Lipinski definition) is 0. The van der Waals surface area contributed by atoms with Crippen LogP contribution in [-0.4, -0.2) is 0 Å². The minimum Gasteiger partial charge on any atom is -0.310 e. The number of rotatable bonds is 16. The van der Waals surface area contributed by atoms with Crippen molar-refractivity contribution in [1.29, 1.82) is 0 Å². The zero-order valence-corrected chi connectivity index (χ0v) is 61.2. The third-order valence-electron chi connectivity index (χ3n) is 22.8. The largest absolute Gasteiger partial charge is 0.310 e. The molecular weight excluding hydrogens is 1280 g/mol. The summed E-state index contributed by atoms with van der Waals surface area (Å²) in [5.74, 6) is 0. The van der Waals surface area contributed by atoms with E-state index < -0.39 is 0 Å². The number of nitrogens with zero attached hydrogens (tertiary/aromatic N) is 2. The number of hydrogen-bond acceptors (Lipinski definition) is 2. The molecule has 5 aliphatic rings. The summed E-state index contributed by atoms with van der Waals surface area (Å²) in [7, 11) is 0. The van der Waals surface area contributed by atoms with E-state index in [9.17, 15) is 0 Å². The highest BCUT2D eigenvalue weighted by Crippen LogP contribution is 2.40. The molecule has 106 heavy (non-hydrogen) atoms. The van der Waals surface area contributed by atoms with Crippen molar-refractivity contribution in [3.05, 3.63) is 411 Å². The number of para-hydroxylation sites is 2. The highest BCUT2D eigenvalue weighted by Gasteiger charge is 2.19. The normalized spacial score (nSPS) is 14.7. The Bertz CT molecular complexity index is 5310. The van der Waals surface area contributed by atoms with E-state index in [1.165, 1.54) is 226 Å². The van der Waals surface area contributed by atoms with Gasteiger partial charge in [-0.2, -0.15) is 0 Å². The maximum absolute atomic E-state index is 2.45. The molecule has 4 saturated carbocycles. The monoisotopic (exact) mass is 1370 g/mol. The van der Waals surface area contributed by atoms with Gasteiger partial charge in [-0.05, 0) is 296 Å². The van der Waals surface area contributed by atoms with Crippen LogP contribution in [0, 0.1) is 41.7 Å². The molecule has 12 aromatic rings. The summed E-state index contributed by atoms with van der Waals surface area (Å²) in [5, 5.41) is 9.58. The Morgan fingerprint density at radius 3 is 0.708 bits per heavy atom. The van der Waals surface area contributed by atoms with Crippen LogP contribution in [0.3, 0.4) is 0 Å². The van der Waals surface area contributed by atoms with Crippen LogP contribution in [0.2, 0.25) is 0 Å². The maximum atomic E-state index is 2.45. The smallest absolute Gasteiger partial charge is 0.0468 e. The van der Waals surface area contributed by atoms with Gasteiger partial charge in [0.05, 0.1) is 0 Å². The van der Waals surface area contributed by atoms with E-state index in [2.05, 4.69) is 337 Å². The number of fused-ring (bicyclic) bond motifs is 4. The quantitative estimate of drug-likeness (QED) is 0.0890. The van der Waals surface area contributed by atoms with Gasteiger partial charge in [-0.15, -0.1) is 0 Å². The standard InChI is InChI=1S/C104H94N2/c1-7-23-75(24-8-1)67-79-39-51-85(52-40-79)101(86-53-41-80(42-54-86)68-76-25-9-2-10-26-76)71-83-47-59-91(60-48-83)105(89-31-15-5-16-32-89)93-63-65-99-97-37-20-19-35-95(97)96-36-21-22-38-98(96)103-73-94(64-66-100(103)104(99)74-93)106(90-33-17-6-18-34-90)92-61-49-84(50-62-92)72-102(87-55-43-81(44-56-87)69-77-27-11-3-12-28-77)88-57-45-82(46-58-88)70-78-29-13-4-14-30-78/h5-6,15-22,31-74H,1-4,7-14,23-30H2. The second kappa shape index (κ2) is 32.0. The average Bonchev–Trinajstić information content (AvgIpc) is 0.738. The lowest BCUT2D eigenvalue weighted by Gasteiger charge is -2.26. The molecule has 0 radical (unpaired) electrons. The molecule has 0 spiro atoms. The Labute approximate surface area is 626 Å². The van der Waals surface area contributed by atoms with Gasteiger partial charge < -0.3 is 9.80 Å². The predicted octanol–water partition coefficient (Wildman–Crippen LogP) is 28.7. The van der Waals surface area contributed by atoms with Crippen molar-refractivity contribution in [3.63, 3.8) is 0 Å². The first-order valence-electron chi connectivity index (χ1n) is 39.5. The topological polar surface area (TPSA) is 6.48 Å². The lowest BCUT2D eigenvalue weighted by Crippen LogP contribution is -2.10. The molecule has 5 aliphatic carbocycles. The molecule has 0 atom stereocenters. The van der Waals surface area contributed by atoms with Crippen LogP contribution in [-0.2, 0) is 0 Å². The van der Waals surface area contributed by atoms with E-state index in [-0.39, 0.29) is 0 Å². The summed E-state index contributed by atoms with van der Waals surface area (Å²) in [6, 6.07) is 110. The Balaban J connectivity index is 0.764. The van der Waals surface area contributed by atoms with Gasteiger partial charge in [0.15, 0.2) is 0 Å². The first kappa shape index (κ1) is 67.8. The summed E-state index contributed by atoms with van der Waals surface area (Å²) in [6.07, 6.45) is 40.1. The van der Waals surface area contributed by atoms with Crippen molar-refractivity contribution >= 4 is 81.7 Å². The van der Waals surface area contributed by atoms with E-state index in [1.807, 2.05) is 0 Å². The van der Waals surface area contributed by atoms with Crippen LogP contribution in [0.5, 0.6) is 0 Å². The van der Waals surface area contributed by atoms with E-state index in [0.29, 0.717) is 0 Å². The molecule has 0 unspecified atom stereocenters. The molecule has 4 fully saturated rings. The molecule has 0 heterocycles. The molecule has 0 bridgehead atoms. The summed E-state index contributed by atoms with van der Waals surface area (Å²) in [5.41, 5.74) is 27.6. The lowest BCUT2D eigenvalue weighted by molar-refractivity contribution is 0.602. The number of allylic oxidation sites excluding steroid dienone is 4. The van der Waals surface area contributed by atoms with Crippen LogP contribution in [0.1, 0.15) is 184 Å². The van der Waals surface area contributed by atoms with Crippen molar-refractivity contribution in [1.82, 2.24) is 0 Å². The summed E-state index contributed by atoms with van der Waals surface area (Å²) in [4.78, 5) is 4.86. The van der Waals surface area contributed by atoms with Gasteiger partial charge in [0.1, 0.15) is 0 Å². The van der Waals surface area contributed by atoms with Crippen LogP contribution in [0.4, 0.5) is 34.1 Å². The van der Waals surface area contributed by atoms with Gasteiger partial charge in [-0.1, -0.05) is 291 Å². The third-order valence-corrected chi connectivity index (χ3v) is 22.8. The molecule has 0 amide bonds. The molecule has 2 nitrogen and oxygen atoms in total. The van der Waals surface area contributed by atoms with Crippen molar-refractivity contribution in [2.75, 3.05) is 9.80 Å². The van der Waals surface area contributed by atoms with Gasteiger partial charge in [0, 0.05) is 34.1 Å². The van der Waals surface area contributed by atoms with Crippen molar-refractivity contribution in [2.45, 2.75) is 128 Å². The maximum Gasteiger partial charge on any atom is 0.0468 e. The van der Waals surface area contributed by atoms with E-state index >= 15 is 0 Å². The molecule has 2 heteroatoms. The van der Waals surface area contributed by atoms with Gasteiger partial charge in [-0.25, -0.2) is 0 Å². The van der Waals surface area contributed by atoms with Gasteiger partial charge in [-0.3, -0.25) is 0 Å². The van der Waals surface area contributed by atoms with Crippen LogP contribution in [0.15, 0.2) is 313 Å². The van der Waals surface area contributed by atoms with Crippen LogP contribution in [0.25, 0.3) is 47.6 Å². The fourth-order valence-corrected chi connectivity index (χ4v) is 17.2. The minimum atomic E-state index is 1.08. The Hall–Kier alpha value is -11.3. The second-order valence-electron chi connectivity index (χ2n) is 30.1. The summed E-state index contributed by atoms with van der Waals surface area (Å²) < 4.78 is 0. The van der Waals surface area contributed by atoms with E-state index in [4.69, 9.17) is 0 Å². The highest BCUT2D eigenvalue weighted by molar-refractivity contribution is 5.94. The first-order chi connectivity index (χ1) is 52.5. The van der Waals surface area contributed by atoms with Crippen molar-refractivity contribution in [3.8, 4) is 0 Å². The highest BCUT2D eigenvalue weighted by atomic mass is 15.1. The minimum absolute atomic E-state index is 1.08. The van der Waals surface area contributed by atoms with Gasteiger partial charge >= 0.3 is 0 Å². The molecule has 520 valence electrons. The predicted molar refractivity (Wildman–Crippen MR) is 450 cm³/mol. The molecule has 17 rings (SSSR count). The summed E-state index contributed by atoms with van der Waals surface area (Å²) >= 11 is 0. The van der Waals surface area contributed by atoms with Crippen LogP contribution >= 0.6 is 0 Å². The molecule has 0 aliphatic heterocycles. The van der Waals surface area contributed by atoms with E-state index in [0.717, 1.165) is 45.3 Å². The second-order valence-corrected chi connectivity index (χ2v) is 30.1. The zero-order chi connectivity index (χ0) is 70.8. The third kappa shape index (κ3) is 15.4. The van der Waals surface area contributed by atoms with E-state index in [1.54, 1.807) is 22.3 Å². The SMILES string of the molecule is C(=C1CCCCC1)c1ccc(C(=Cc2ccc(N(c3ccccc3)c3ccc4c(c3)=c3ccc(N(c5ccccc5)c5ccc(C=C(c6ccc(C=C7CCCCC7)cc6)c6ccc(C=C7CCCCC7)cc6)cc5)cc3=c3ccccc3=c3ccccc3=4)cc2)c2ccc(C=C3CCCCC3)cc2)cc1. The average molecular weight is 1370 g/mol. The van der Waals surface area contributed by atoms with Crippen molar-refractivity contribution < 1.29 is 0 Å². The molecular formula is C104H94N2. The molecule has 0 aromatic heterocycles. The number of anilines is 6. The van der Waals surface area contributed by atoms with Gasteiger partial charge in [0.2, 0.25) is 0 Å². The van der Waals surface area contributed by atoms with Crippen molar-refractivity contribution in [2.24, 2.45) is 0 Å². The lowest BCUT2D eigenvalue weighted by atomic mass is 9.91. The molecule has 12 aromatic carbocycles. The summed E-state index contributed by atoms with van der Waals surface area (Å²) in [6.45, 7) is 0. The van der Waals surface area contributed by atoms with Gasteiger partial charge in [0.25, 0.3) is 0 Å². The molecule has 0 N–H and O–H groups in total. The first-order valence-corrected chi connectivity index (χ1v) is 39.5. The zero-order valence-electron chi connectivity index (χ0n) is 61.2. The Morgan fingerprint density at radius 1 is 0.189 bits per heavy atom.